The molecule has 0 aliphatic carbocycles. The van der Waals surface area contributed by atoms with Gasteiger partial charge >= 0.3 is 0 Å². The van der Waals surface area contributed by atoms with Crippen LogP contribution >= 0.6 is 0 Å². The number of nitrogens with one attached hydrogen (secondary N) is 1. The first-order valence-corrected chi connectivity index (χ1v) is 12.0. The fourth-order valence-corrected chi connectivity index (χ4v) is 3.09. The number of ether oxygens (including phenoxy) is 2. The summed E-state index contributed by atoms with van der Waals surface area (Å²) in [7, 11) is 0. The first kappa shape index (κ1) is 28.7. The molecule has 0 aliphatic heterocycles. The van der Waals surface area contributed by atoms with E-state index in [-0.39, 0.29) is 11.7 Å². The minimum absolute atomic E-state index is 0.0952. The number of hydrogen-bond donors (Lipinski definition) is 1. The first-order valence-electron chi connectivity index (χ1n) is 12.0. The zero-order valence-corrected chi connectivity index (χ0v) is 19.5. The number of hydrogen-bond acceptors (Lipinski definition) is 5. The summed E-state index contributed by atoms with van der Waals surface area (Å²) < 4.78 is 10.6. The SMILES string of the molecule is CCC(=O)CCCCCCCCCCCCC(=O)NCCOCCOCCC(C)=O. The molecular formula is C24H45NO5. The van der Waals surface area contributed by atoms with Crippen LogP contribution in [0.15, 0.2) is 0 Å². The van der Waals surface area contributed by atoms with Crippen molar-refractivity contribution in [3.63, 3.8) is 0 Å². The van der Waals surface area contributed by atoms with E-state index < -0.39 is 0 Å². The lowest BCUT2D eigenvalue weighted by Crippen LogP contribution is -2.27. The molecule has 30 heavy (non-hydrogen) atoms. The van der Waals surface area contributed by atoms with Gasteiger partial charge in [0.2, 0.25) is 5.91 Å². The van der Waals surface area contributed by atoms with Gasteiger partial charge in [-0.25, -0.2) is 0 Å². The Morgan fingerprint density at radius 2 is 1.13 bits per heavy atom. The molecule has 0 saturated carbocycles. The maximum absolute atomic E-state index is 11.8. The molecule has 0 aromatic heterocycles. The molecule has 6 nitrogen and oxygen atoms in total. The van der Waals surface area contributed by atoms with Crippen LogP contribution < -0.4 is 5.32 Å². The summed E-state index contributed by atoms with van der Waals surface area (Å²) in [6.07, 6.45) is 14.3. The van der Waals surface area contributed by atoms with Gasteiger partial charge in [-0.2, -0.15) is 0 Å². The summed E-state index contributed by atoms with van der Waals surface area (Å²) in [6, 6.07) is 0. The second-order valence-electron chi connectivity index (χ2n) is 7.95. The lowest BCUT2D eigenvalue weighted by Gasteiger charge is -2.07. The van der Waals surface area contributed by atoms with Gasteiger partial charge in [-0.3, -0.25) is 14.4 Å². The second-order valence-corrected chi connectivity index (χ2v) is 7.95. The summed E-state index contributed by atoms with van der Waals surface area (Å²) in [5, 5.41) is 2.88. The molecule has 0 fully saturated rings. The lowest BCUT2D eigenvalue weighted by atomic mass is 10.0. The Hall–Kier alpha value is -1.27. The zero-order chi connectivity index (χ0) is 22.3. The van der Waals surface area contributed by atoms with Crippen LogP contribution in [-0.2, 0) is 23.9 Å². The van der Waals surface area contributed by atoms with Crippen LogP contribution in [0.4, 0.5) is 0 Å². The Morgan fingerprint density at radius 3 is 1.67 bits per heavy atom. The van der Waals surface area contributed by atoms with Crippen molar-refractivity contribution in [3.05, 3.63) is 0 Å². The van der Waals surface area contributed by atoms with Crippen molar-refractivity contribution in [2.75, 3.05) is 33.0 Å². The largest absolute Gasteiger partial charge is 0.379 e. The zero-order valence-electron chi connectivity index (χ0n) is 19.5. The van der Waals surface area contributed by atoms with E-state index >= 15 is 0 Å². The van der Waals surface area contributed by atoms with Crippen LogP contribution in [0.25, 0.3) is 0 Å². The summed E-state index contributed by atoms with van der Waals surface area (Å²) in [4.78, 5) is 33.7. The summed E-state index contributed by atoms with van der Waals surface area (Å²) in [6.45, 7) is 5.89. The maximum atomic E-state index is 11.8. The number of Topliss-reactive ketones (excluding diaryl/α,β-unsaturated/α-hetero) is 2. The van der Waals surface area contributed by atoms with Gasteiger partial charge in [-0.15, -0.1) is 0 Å². The van der Waals surface area contributed by atoms with Gasteiger partial charge in [0.25, 0.3) is 0 Å². The van der Waals surface area contributed by atoms with Gasteiger partial charge in [-0.1, -0.05) is 58.3 Å². The Bertz CT molecular complexity index is 439. The van der Waals surface area contributed by atoms with E-state index in [0.717, 1.165) is 25.7 Å². The van der Waals surface area contributed by atoms with Crippen molar-refractivity contribution in [3.8, 4) is 0 Å². The average Bonchev–Trinajstić information content (AvgIpc) is 2.72. The molecule has 0 rings (SSSR count). The normalized spacial score (nSPS) is 10.9. The van der Waals surface area contributed by atoms with Crippen LogP contribution in [0.1, 0.15) is 104 Å². The predicted molar refractivity (Wildman–Crippen MR) is 121 cm³/mol. The van der Waals surface area contributed by atoms with E-state index in [4.69, 9.17) is 9.47 Å². The fraction of sp³-hybridized carbons (Fsp3) is 0.875. The Morgan fingerprint density at radius 1 is 0.633 bits per heavy atom. The smallest absolute Gasteiger partial charge is 0.220 e. The molecule has 0 unspecified atom stereocenters. The molecule has 1 N–H and O–H groups in total. The van der Waals surface area contributed by atoms with Gasteiger partial charge in [-0.05, 0) is 19.8 Å². The molecule has 0 heterocycles. The van der Waals surface area contributed by atoms with Crippen LogP contribution in [0.3, 0.4) is 0 Å². The van der Waals surface area contributed by atoms with Crippen LogP contribution in [0, 0.1) is 0 Å². The third-order valence-electron chi connectivity index (χ3n) is 5.04. The average molecular weight is 428 g/mol. The van der Waals surface area contributed by atoms with Gasteiger partial charge < -0.3 is 14.8 Å². The Labute approximate surface area is 183 Å². The van der Waals surface area contributed by atoms with Crippen molar-refractivity contribution in [2.24, 2.45) is 0 Å². The molecular weight excluding hydrogens is 382 g/mol. The molecule has 0 aliphatic rings. The van der Waals surface area contributed by atoms with E-state index in [1.807, 2.05) is 6.92 Å². The summed E-state index contributed by atoms with van der Waals surface area (Å²) in [5.41, 5.74) is 0. The molecule has 1 amide bonds. The van der Waals surface area contributed by atoms with Crippen molar-refractivity contribution in [1.29, 1.82) is 0 Å². The third kappa shape index (κ3) is 23.0. The third-order valence-corrected chi connectivity index (χ3v) is 5.04. The highest BCUT2D eigenvalue weighted by Gasteiger charge is 2.01. The highest BCUT2D eigenvalue weighted by Crippen LogP contribution is 2.12. The summed E-state index contributed by atoms with van der Waals surface area (Å²) in [5.74, 6) is 0.612. The van der Waals surface area contributed by atoms with Crippen molar-refractivity contribution < 1.29 is 23.9 Å². The van der Waals surface area contributed by atoms with Gasteiger partial charge in [0.15, 0.2) is 0 Å². The van der Waals surface area contributed by atoms with Gasteiger partial charge in [0.05, 0.1) is 26.4 Å². The van der Waals surface area contributed by atoms with Gasteiger partial charge in [0, 0.05) is 32.2 Å². The van der Waals surface area contributed by atoms with E-state index in [9.17, 15) is 14.4 Å². The number of amides is 1. The molecule has 0 aromatic rings. The number of carbonyl (C=O) groups is 3. The number of unbranched alkanes of at least 4 members (excludes halogenated alkanes) is 9. The molecule has 0 saturated heterocycles. The second kappa shape index (κ2) is 22.4. The Balaban J connectivity index is 3.20. The topological polar surface area (TPSA) is 81.7 Å². The van der Waals surface area contributed by atoms with E-state index in [2.05, 4.69) is 5.32 Å². The van der Waals surface area contributed by atoms with Crippen LogP contribution in [-0.4, -0.2) is 50.4 Å². The highest BCUT2D eigenvalue weighted by molar-refractivity contribution is 5.77. The Kier molecular flexibility index (Phi) is 21.5. The van der Waals surface area contributed by atoms with E-state index in [1.54, 1.807) is 6.92 Å². The van der Waals surface area contributed by atoms with Crippen LogP contribution in [0.5, 0.6) is 0 Å². The molecule has 0 aromatic carbocycles. The molecule has 0 spiro atoms. The van der Waals surface area contributed by atoms with Crippen molar-refractivity contribution in [1.82, 2.24) is 5.32 Å². The maximum Gasteiger partial charge on any atom is 0.220 e. The van der Waals surface area contributed by atoms with Crippen LogP contribution in [0.2, 0.25) is 0 Å². The molecule has 0 atom stereocenters. The first-order chi connectivity index (χ1) is 14.6. The standard InChI is InChI=1S/C24H45NO5/c1-3-23(27)14-12-10-8-6-4-5-7-9-11-13-15-24(28)25-17-19-30-21-20-29-18-16-22(2)26/h3-21H2,1-2H3,(H,25,28). The molecule has 6 heteroatoms. The molecule has 0 bridgehead atoms. The number of carbonyl (C=O) groups excluding carboxylic acids is 3. The van der Waals surface area contributed by atoms with E-state index in [1.165, 1.54) is 44.9 Å². The fourth-order valence-electron chi connectivity index (χ4n) is 3.09. The lowest BCUT2D eigenvalue weighted by molar-refractivity contribution is -0.121. The molecule has 0 radical (unpaired) electrons. The summed E-state index contributed by atoms with van der Waals surface area (Å²) >= 11 is 0. The monoisotopic (exact) mass is 427 g/mol. The number of rotatable bonds is 23. The van der Waals surface area contributed by atoms with Crippen molar-refractivity contribution >= 4 is 17.5 Å². The van der Waals surface area contributed by atoms with Crippen molar-refractivity contribution in [2.45, 2.75) is 104 Å². The highest BCUT2D eigenvalue weighted by atomic mass is 16.5. The van der Waals surface area contributed by atoms with E-state index in [0.29, 0.717) is 58.0 Å². The quantitative estimate of drug-likeness (QED) is 0.237. The minimum atomic E-state index is 0.0952. The predicted octanol–water partition coefficient (Wildman–Crippen LogP) is 4.78. The number of ketones is 2. The minimum Gasteiger partial charge on any atom is -0.379 e. The molecule has 176 valence electrons. The van der Waals surface area contributed by atoms with Gasteiger partial charge in [0.1, 0.15) is 11.6 Å².